The number of aliphatic imine (C=N–C) groups is 1. The molecule has 0 saturated carbocycles. The number of anilines is 2. The third-order valence-electron chi connectivity index (χ3n) is 6.05. The number of carbonyl (C=O) groups is 1. The van der Waals surface area contributed by atoms with Crippen molar-refractivity contribution in [3.05, 3.63) is 81.2 Å². The minimum absolute atomic E-state index is 0.0361. The summed E-state index contributed by atoms with van der Waals surface area (Å²) in [5.74, 6) is -3.20. The molecule has 1 aliphatic carbocycles. The maximum atomic E-state index is 14.7. The lowest BCUT2D eigenvalue weighted by Gasteiger charge is -2.45. The minimum atomic E-state index is -1.29. The van der Waals surface area contributed by atoms with Gasteiger partial charge in [0.2, 0.25) is 0 Å². The van der Waals surface area contributed by atoms with E-state index in [-0.39, 0.29) is 43.0 Å². The van der Waals surface area contributed by atoms with Crippen LogP contribution in [0.25, 0.3) is 0 Å². The lowest BCUT2D eigenvalue weighted by atomic mass is 9.93. The Balaban J connectivity index is 1.28. The molecular formula is C24H21F3IN5O2. The largest absolute Gasteiger partial charge is 0.384 e. The van der Waals surface area contributed by atoms with Gasteiger partial charge in [0.25, 0.3) is 5.91 Å². The number of amides is 1. The van der Waals surface area contributed by atoms with E-state index in [9.17, 15) is 23.1 Å². The van der Waals surface area contributed by atoms with Crippen molar-refractivity contribution in [1.82, 2.24) is 15.5 Å². The van der Waals surface area contributed by atoms with Gasteiger partial charge in [0.05, 0.1) is 48.7 Å². The second-order valence-electron chi connectivity index (χ2n) is 8.69. The van der Waals surface area contributed by atoms with Gasteiger partial charge < -0.3 is 26.0 Å². The SMILES string of the molecule is O=C(c1ccc(F)c(F)c1Nc1ccc(I)cc1F)N1CC(O)(CN=C2NC3C=CC=CC3N2)C1. The van der Waals surface area contributed by atoms with E-state index in [4.69, 9.17) is 0 Å². The summed E-state index contributed by atoms with van der Waals surface area (Å²) in [5.41, 5.74) is -1.98. The van der Waals surface area contributed by atoms with Crippen LogP contribution in [0.3, 0.4) is 0 Å². The van der Waals surface area contributed by atoms with Crippen LogP contribution in [0, 0.1) is 21.0 Å². The molecule has 3 aliphatic rings. The number of hydrogen-bond donors (Lipinski definition) is 4. The highest BCUT2D eigenvalue weighted by molar-refractivity contribution is 14.1. The van der Waals surface area contributed by atoms with Crippen molar-refractivity contribution in [2.24, 2.45) is 4.99 Å². The monoisotopic (exact) mass is 595 g/mol. The van der Waals surface area contributed by atoms with Gasteiger partial charge in [0, 0.05) is 3.57 Å². The summed E-state index contributed by atoms with van der Waals surface area (Å²) in [6, 6.07) is 6.36. The van der Waals surface area contributed by atoms with Gasteiger partial charge in [0.1, 0.15) is 11.4 Å². The van der Waals surface area contributed by atoms with E-state index in [2.05, 4.69) is 20.9 Å². The van der Waals surface area contributed by atoms with Crippen LogP contribution < -0.4 is 16.0 Å². The zero-order chi connectivity index (χ0) is 24.7. The van der Waals surface area contributed by atoms with Crippen LogP contribution in [-0.4, -0.2) is 59.2 Å². The molecule has 2 saturated heterocycles. The van der Waals surface area contributed by atoms with Gasteiger partial charge in [-0.2, -0.15) is 0 Å². The van der Waals surface area contributed by atoms with Crippen molar-refractivity contribution in [2.75, 3.05) is 25.0 Å². The summed E-state index contributed by atoms with van der Waals surface area (Å²) >= 11 is 1.92. The third kappa shape index (κ3) is 4.74. The van der Waals surface area contributed by atoms with Crippen molar-refractivity contribution >= 4 is 45.8 Å². The normalized spacial score (nSPS) is 21.6. The predicted molar refractivity (Wildman–Crippen MR) is 134 cm³/mol. The highest BCUT2D eigenvalue weighted by Gasteiger charge is 2.44. The summed E-state index contributed by atoms with van der Waals surface area (Å²) in [5, 5.41) is 19.7. The Bertz CT molecular complexity index is 1250. The first kappa shape index (κ1) is 23.7. The van der Waals surface area contributed by atoms with Gasteiger partial charge in [-0.1, -0.05) is 24.3 Å². The summed E-state index contributed by atoms with van der Waals surface area (Å²) in [6.45, 7) is -0.0209. The summed E-state index contributed by atoms with van der Waals surface area (Å²) in [7, 11) is 0. The molecule has 0 radical (unpaired) electrons. The van der Waals surface area contributed by atoms with E-state index in [0.29, 0.717) is 9.53 Å². The van der Waals surface area contributed by atoms with Crippen molar-refractivity contribution < 1.29 is 23.1 Å². The van der Waals surface area contributed by atoms with Crippen LogP contribution >= 0.6 is 22.6 Å². The highest BCUT2D eigenvalue weighted by atomic mass is 127. The number of nitrogens with zero attached hydrogens (tertiary/aromatic N) is 2. The number of hydrogen-bond acceptors (Lipinski definition) is 4. The first-order valence-corrected chi connectivity index (χ1v) is 11.9. The Labute approximate surface area is 212 Å². The highest BCUT2D eigenvalue weighted by Crippen LogP contribution is 2.32. The number of aliphatic hydroxyl groups is 1. The van der Waals surface area contributed by atoms with Crippen molar-refractivity contribution in [3.63, 3.8) is 0 Å². The third-order valence-corrected chi connectivity index (χ3v) is 6.72. The molecule has 2 unspecified atom stereocenters. The quantitative estimate of drug-likeness (QED) is 0.400. The Morgan fingerprint density at radius 1 is 1.11 bits per heavy atom. The molecule has 0 aromatic heterocycles. The number of carbonyl (C=O) groups excluding carboxylic acids is 1. The van der Waals surface area contributed by atoms with Crippen LogP contribution in [0.4, 0.5) is 24.5 Å². The summed E-state index contributed by atoms with van der Waals surface area (Å²) < 4.78 is 43.5. The van der Waals surface area contributed by atoms with Crippen molar-refractivity contribution in [1.29, 1.82) is 0 Å². The molecule has 0 bridgehead atoms. The summed E-state index contributed by atoms with van der Waals surface area (Å²) in [4.78, 5) is 18.8. The molecule has 182 valence electrons. The maximum Gasteiger partial charge on any atom is 0.256 e. The Morgan fingerprint density at radius 2 is 1.80 bits per heavy atom. The number of nitrogens with one attached hydrogen (secondary N) is 3. The molecular weight excluding hydrogens is 574 g/mol. The van der Waals surface area contributed by atoms with E-state index in [0.717, 1.165) is 12.1 Å². The molecule has 2 fully saturated rings. The predicted octanol–water partition coefficient (Wildman–Crippen LogP) is 3.05. The van der Waals surface area contributed by atoms with Crippen LogP contribution in [-0.2, 0) is 0 Å². The van der Waals surface area contributed by atoms with Gasteiger partial charge in [0.15, 0.2) is 17.6 Å². The number of β-amino-alcohol motifs (C(OH)–C–C–N with tert-alkyl or cyclic N) is 1. The molecule has 2 aromatic carbocycles. The molecule has 35 heavy (non-hydrogen) atoms. The van der Waals surface area contributed by atoms with Crippen LogP contribution in [0.1, 0.15) is 10.4 Å². The van der Waals surface area contributed by atoms with Gasteiger partial charge in [-0.3, -0.25) is 9.79 Å². The zero-order valence-electron chi connectivity index (χ0n) is 18.2. The van der Waals surface area contributed by atoms with Crippen LogP contribution in [0.2, 0.25) is 0 Å². The average molecular weight is 595 g/mol. The van der Waals surface area contributed by atoms with Gasteiger partial charge >= 0.3 is 0 Å². The number of benzene rings is 2. The molecule has 1 amide bonds. The number of allylic oxidation sites excluding steroid dienone is 2. The fraction of sp³-hybridized carbons (Fsp3) is 0.250. The van der Waals surface area contributed by atoms with E-state index in [1.54, 1.807) is 6.07 Å². The summed E-state index contributed by atoms with van der Waals surface area (Å²) in [6.07, 6.45) is 7.90. The van der Waals surface area contributed by atoms with Crippen molar-refractivity contribution in [3.8, 4) is 0 Å². The topological polar surface area (TPSA) is 89.0 Å². The van der Waals surface area contributed by atoms with Gasteiger partial charge in [-0.05, 0) is 52.9 Å². The van der Waals surface area contributed by atoms with Gasteiger partial charge in [-0.15, -0.1) is 0 Å². The Kier molecular flexibility index (Phi) is 6.21. The molecule has 7 nitrogen and oxygen atoms in total. The first-order valence-electron chi connectivity index (χ1n) is 10.9. The maximum absolute atomic E-state index is 14.7. The number of guanidine groups is 1. The van der Waals surface area contributed by atoms with E-state index < -0.39 is 34.6 Å². The number of halogens is 4. The molecule has 0 spiro atoms. The lowest BCUT2D eigenvalue weighted by Crippen LogP contribution is -2.65. The van der Waals surface area contributed by atoms with Crippen LogP contribution in [0.5, 0.6) is 0 Å². The second kappa shape index (κ2) is 9.19. The molecule has 2 aromatic rings. The smallest absolute Gasteiger partial charge is 0.256 e. The molecule has 5 rings (SSSR count). The van der Waals surface area contributed by atoms with Gasteiger partial charge in [-0.25, -0.2) is 13.2 Å². The molecule has 2 atom stereocenters. The first-order chi connectivity index (χ1) is 16.7. The van der Waals surface area contributed by atoms with E-state index in [1.807, 2.05) is 46.9 Å². The molecule has 4 N–H and O–H groups in total. The zero-order valence-corrected chi connectivity index (χ0v) is 20.4. The van der Waals surface area contributed by atoms with E-state index in [1.165, 1.54) is 17.0 Å². The fourth-order valence-corrected chi connectivity index (χ4v) is 4.67. The molecule has 11 heteroatoms. The Hall–Kier alpha value is -3.06. The second-order valence-corrected chi connectivity index (χ2v) is 9.94. The number of likely N-dealkylation sites (tertiary alicyclic amines) is 1. The minimum Gasteiger partial charge on any atom is -0.384 e. The Morgan fingerprint density at radius 3 is 2.46 bits per heavy atom. The fourth-order valence-electron chi connectivity index (χ4n) is 4.21. The number of rotatable bonds is 5. The molecule has 2 heterocycles. The van der Waals surface area contributed by atoms with Crippen LogP contribution in [0.15, 0.2) is 59.6 Å². The van der Waals surface area contributed by atoms with Crippen molar-refractivity contribution in [2.45, 2.75) is 17.7 Å². The average Bonchev–Trinajstić information content (AvgIpc) is 3.23. The van der Waals surface area contributed by atoms with E-state index >= 15 is 0 Å². The molecule has 2 aliphatic heterocycles. The standard InChI is InChI=1S/C24H21F3IN5O2/c25-15-7-6-14(21(20(15)27)30-17-8-5-13(28)9-16(17)26)22(34)33-11-24(35,12-33)10-29-23-31-18-3-1-2-4-19(18)32-23/h1-9,18-19,30,35H,10-12H2,(H2,29,31,32). The lowest BCUT2D eigenvalue weighted by molar-refractivity contribution is -0.0731. The number of fused-ring (bicyclic) bond motifs is 1.